The van der Waals surface area contributed by atoms with Gasteiger partial charge in [0.2, 0.25) is 5.82 Å². The fourth-order valence-corrected chi connectivity index (χ4v) is 2.96. The van der Waals surface area contributed by atoms with E-state index in [0.717, 1.165) is 11.1 Å². The number of hydrogen-bond donors (Lipinski definition) is 0. The van der Waals surface area contributed by atoms with Gasteiger partial charge < -0.3 is 4.52 Å². The third-order valence-electron chi connectivity index (χ3n) is 4.10. The van der Waals surface area contributed by atoms with Crippen molar-refractivity contribution < 1.29 is 8.91 Å². The van der Waals surface area contributed by atoms with E-state index in [1.54, 1.807) is 30.9 Å². The highest BCUT2D eigenvalue weighted by atomic mass is 19.1. The monoisotopic (exact) mass is 346 g/mol. The minimum atomic E-state index is -0.341. The number of aryl methyl sites for hydroxylation is 1. The summed E-state index contributed by atoms with van der Waals surface area (Å²) >= 11 is 0. The molecule has 0 spiro atoms. The van der Waals surface area contributed by atoms with Crippen molar-refractivity contribution in [2.45, 2.75) is 6.92 Å². The van der Waals surface area contributed by atoms with Gasteiger partial charge in [-0.1, -0.05) is 5.16 Å². The highest BCUT2D eigenvalue weighted by Gasteiger charge is 2.17. The summed E-state index contributed by atoms with van der Waals surface area (Å²) in [5.74, 6) is 0.404. The molecule has 1 aromatic carbocycles. The molecule has 0 saturated heterocycles. The van der Waals surface area contributed by atoms with E-state index < -0.39 is 0 Å². The summed E-state index contributed by atoms with van der Waals surface area (Å²) in [6, 6.07) is 6.28. The lowest BCUT2D eigenvalue weighted by Crippen LogP contribution is -1.91. The van der Waals surface area contributed by atoms with Crippen molar-refractivity contribution in [1.82, 2.24) is 29.5 Å². The maximum Gasteiger partial charge on any atom is 0.259 e. The van der Waals surface area contributed by atoms with E-state index in [0.29, 0.717) is 34.1 Å². The number of pyridine rings is 1. The summed E-state index contributed by atoms with van der Waals surface area (Å²) in [5, 5.41) is 4.82. The van der Waals surface area contributed by atoms with Crippen LogP contribution in [0.25, 0.3) is 39.5 Å². The molecule has 0 radical (unpaired) electrons. The highest BCUT2D eigenvalue weighted by Crippen LogP contribution is 2.29. The molecule has 0 unspecified atom stereocenters. The Kier molecular flexibility index (Phi) is 3.05. The van der Waals surface area contributed by atoms with Gasteiger partial charge in [-0.05, 0) is 25.1 Å². The molecule has 0 fully saturated rings. The lowest BCUT2D eigenvalue weighted by atomic mass is 10.1. The Balaban J connectivity index is 1.68. The topological polar surface area (TPSA) is 82.0 Å². The lowest BCUT2D eigenvalue weighted by molar-refractivity contribution is 0.432. The van der Waals surface area contributed by atoms with Gasteiger partial charge >= 0.3 is 0 Å². The van der Waals surface area contributed by atoms with Crippen LogP contribution in [0.15, 0.2) is 53.6 Å². The molecular formula is C18H11FN6O. The molecule has 126 valence electrons. The van der Waals surface area contributed by atoms with Gasteiger partial charge in [-0.3, -0.25) is 14.4 Å². The minimum Gasteiger partial charge on any atom is -0.334 e. The van der Waals surface area contributed by atoms with Gasteiger partial charge in [0, 0.05) is 29.5 Å². The lowest BCUT2D eigenvalue weighted by Gasteiger charge is -2.04. The highest BCUT2D eigenvalue weighted by molar-refractivity contribution is 5.92. The van der Waals surface area contributed by atoms with Crippen LogP contribution in [0.3, 0.4) is 0 Å². The largest absolute Gasteiger partial charge is 0.334 e. The molecule has 0 aliphatic rings. The summed E-state index contributed by atoms with van der Waals surface area (Å²) in [6.45, 7) is 1.84. The predicted molar refractivity (Wildman–Crippen MR) is 91.7 cm³/mol. The molecular weight excluding hydrogens is 335 g/mol. The first kappa shape index (κ1) is 14.6. The number of aromatic nitrogens is 6. The maximum absolute atomic E-state index is 13.5. The standard InChI is InChI=1S/C18H11FN6O/c1-10-6-13(12-3-2-11(19)7-14(12)22-10)18-23-17(24-26-18)15-8-21-16-9-20-4-5-25(15)16/h2-9H,1H3. The van der Waals surface area contributed by atoms with Crippen LogP contribution < -0.4 is 0 Å². The van der Waals surface area contributed by atoms with Crippen molar-refractivity contribution in [3.63, 3.8) is 0 Å². The van der Waals surface area contributed by atoms with E-state index in [2.05, 4.69) is 25.1 Å². The van der Waals surface area contributed by atoms with Gasteiger partial charge in [-0.2, -0.15) is 4.98 Å². The molecule has 0 bridgehead atoms. The van der Waals surface area contributed by atoms with Crippen LogP contribution in [-0.2, 0) is 0 Å². The second kappa shape index (κ2) is 5.41. The van der Waals surface area contributed by atoms with Gasteiger partial charge in [0.05, 0.1) is 23.5 Å². The third-order valence-corrected chi connectivity index (χ3v) is 4.10. The average molecular weight is 346 g/mol. The Labute approximate surface area is 146 Å². The number of nitrogens with zero attached hydrogens (tertiary/aromatic N) is 6. The SMILES string of the molecule is Cc1cc(-c2nc(-c3cnc4cnccn34)no2)c2ccc(F)cc2n1. The second-order valence-electron chi connectivity index (χ2n) is 5.84. The van der Waals surface area contributed by atoms with Crippen LogP contribution >= 0.6 is 0 Å². The summed E-state index contributed by atoms with van der Waals surface area (Å²) in [7, 11) is 0. The number of hydrogen-bond acceptors (Lipinski definition) is 6. The van der Waals surface area contributed by atoms with Crippen LogP contribution in [-0.4, -0.2) is 29.5 Å². The van der Waals surface area contributed by atoms with E-state index in [4.69, 9.17) is 4.52 Å². The molecule has 8 heteroatoms. The zero-order valence-electron chi connectivity index (χ0n) is 13.6. The molecule has 26 heavy (non-hydrogen) atoms. The Morgan fingerprint density at radius 2 is 2.04 bits per heavy atom. The Bertz CT molecular complexity index is 1270. The number of rotatable bonds is 2. The van der Waals surface area contributed by atoms with Gasteiger partial charge in [0.1, 0.15) is 11.5 Å². The third kappa shape index (κ3) is 2.23. The van der Waals surface area contributed by atoms with Gasteiger partial charge in [-0.15, -0.1) is 0 Å². The van der Waals surface area contributed by atoms with Crippen molar-refractivity contribution >= 4 is 16.6 Å². The van der Waals surface area contributed by atoms with Crippen molar-refractivity contribution in [2.75, 3.05) is 0 Å². The van der Waals surface area contributed by atoms with E-state index in [-0.39, 0.29) is 5.82 Å². The van der Waals surface area contributed by atoms with Gasteiger partial charge in [-0.25, -0.2) is 9.37 Å². The smallest absolute Gasteiger partial charge is 0.259 e. The van der Waals surface area contributed by atoms with E-state index in [1.165, 1.54) is 12.1 Å². The summed E-state index contributed by atoms with van der Waals surface area (Å²) < 4.78 is 20.8. The fraction of sp³-hybridized carbons (Fsp3) is 0.0556. The normalized spacial score (nSPS) is 11.5. The van der Waals surface area contributed by atoms with Crippen LogP contribution in [0.4, 0.5) is 4.39 Å². The summed E-state index contributed by atoms with van der Waals surface area (Å²) in [4.78, 5) is 17.2. The van der Waals surface area contributed by atoms with Crippen molar-refractivity contribution in [2.24, 2.45) is 0 Å². The zero-order chi connectivity index (χ0) is 17.7. The number of benzene rings is 1. The predicted octanol–water partition coefficient (Wildman–Crippen LogP) is 3.44. The molecule has 0 saturated carbocycles. The maximum atomic E-state index is 13.5. The molecule has 4 aromatic heterocycles. The minimum absolute atomic E-state index is 0.339. The average Bonchev–Trinajstić information content (AvgIpc) is 3.27. The molecule has 0 aliphatic heterocycles. The van der Waals surface area contributed by atoms with E-state index in [1.807, 2.05) is 17.4 Å². The van der Waals surface area contributed by atoms with Crippen LogP contribution in [0.5, 0.6) is 0 Å². The molecule has 0 amide bonds. The van der Waals surface area contributed by atoms with Gasteiger partial charge in [0.25, 0.3) is 5.89 Å². The fourth-order valence-electron chi connectivity index (χ4n) is 2.96. The van der Waals surface area contributed by atoms with Crippen molar-refractivity contribution in [1.29, 1.82) is 0 Å². The quantitative estimate of drug-likeness (QED) is 0.487. The number of halogens is 1. The van der Waals surface area contributed by atoms with Crippen LogP contribution in [0, 0.1) is 12.7 Å². The molecule has 7 nitrogen and oxygen atoms in total. The van der Waals surface area contributed by atoms with Crippen molar-refractivity contribution in [3.05, 3.63) is 60.6 Å². The molecule has 5 aromatic rings. The molecule has 4 heterocycles. The molecule has 0 atom stereocenters. The van der Waals surface area contributed by atoms with Crippen LogP contribution in [0.1, 0.15) is 5.69 Å². The Morgan fingerprint density at radius 3 is 2.96 bits per heavy atom. The molecule has 0 aliphatic carbocycles. The van der Waals surface area contributed by atoms with Gasteiger partial charge in [0.15, 0.2) is 5.65 Å². The Hall–Kier alpha value is -3.68. The first-order valence-corrected chi connectivity index (χ1v) is 7.87. The number of fused-ring (bicyclic) bond motifs is 2. The first-order valence-electron chi connectivity index (χ1n) is 7.87. The summed E-state index contributed by atoms with van der Waals surface area (Å²) in [5.41, 5.74) is 3.37. The number of imidazole rings is 1. The first-order chi connectivity index (χ1) is 12.7. The molecule has 5 rings (SSSR count). The van der Waals surface area contributed by atoms with E-state index in [9.17, 15) is 4.39 Å². The van der Waals surface area contributed by atoms with Crippen molar-refractivity contribution in [3.8, 4) is 23.0 Å². The van der Waals surface area contributed by atoms with E-state index >= 15 is 0 Å². The Morgan fingerprint density at radius 1 is 1.12 bits per heavy atom. The second-order valence-corrected chi connectivity index (χ2v) is 5.84. The summed E-state index contributed by atoms with van der Waals surface area (Å²) in [6.07, 6.45) is 6.76. The zero-order valence-corrected chi connectivity index (χ0v) is 13.6. The van der Waals surface area contributed by atoms with Crippen LogP contribution in [0.2, 0.25) is 0 Å². The molecule has 0 N–H and O–H groups in total.